The van der Waals surface area contributed by atoms with Crippen molar-refractivity contribution in [3.63, 3.8) is 0 Å². The number of piperazine rings is 1. The molecule has 3 aromatic heterocycles. The predicted octanol–water partition coefficient (Wildman–Crippen LogP) is 3.25. The number of amides is 1. The van der Waals surface area contributed by atoms with E-state index in [-0.39, 0.29) is 5.91 Å². The molecule has 1 aromatic carbocycles. The topological polar surface area (TPSA) is 80.0 Å². The standard InChI is InChI=1S/C25H25N7O/c1-2-19-6-8-21(9-7-19)32-24(20-10-13-26-14-11-20)23(28-29-32)25(33)31-17-15-30(16-18-31)22-5-3-4-12-27-22/h3-14H,2,15-18H2,1H3. The maximum atomic E-state index is 13.5. The molecule has 4 aromatic rings. The molecular formula is C25H25N7O. The lowest BCUT2D eigenvalue weighted by Crippen LogP contribution is -2.49. The fourth-order valence-electron chi connectivity index (χ4n) is 4.08. The van der Waals surface area contributed by atoms with Crippen LogP contribution in [0.4, 0.5) is 5.82 Å². The Hall–Kier alpha value is -4.07. The second-order valence-corrected chi connectivity index (χ2v) is 7.92. The van der Waals surface area contributed by atoms with E-state index in [0.717, 1.165) is 36.6 Å². The van der Waals surface area contributed by atoms with Gasteiger partial charge in [0.1, 0.15) is 11.5 Å². The second-order valence-electron chi connectivity index (χ2n) is 7.92. The Kier molecular flexibility index (Phi) is 5.80. The van der Waals surface area contributed by atoms with Crippen LogP contribution in [0.5, 0.6) is 0 Å². The van der Waals surface area contributed by atoms with Crippen molar-refractivity contribution < 1.29 is 4.79 Å². The van der Waals surface area contributed by atoms with Gasteiger partial charge in [-0.2, -0.15) is 0 Å². The number of hydrogen-bond acceptors (Lipinski definition) is 6. The van der Waals surface area contributed by atoms with Gasteiger partial charge in [0, 0.05) is 50.3 Å². The first-order chi connectivity index (χ1) is 16.2. The third-order valence-electron chi connectivity index (χ3n) is 5.96. The van der Waals surface area contributed by atoms with Crippen LogP contribution in [0.3, 0.4) is 0 Å². The van der Waals surface area contributed by atoms with Crippen molar-refractivity contribution in [2.45, 2.75) is 13.3 Å². The minimum atomic E-state index is -0.112. The molecule has 5 rings (SSSR count). The van der Waals surface area contributed by atoms with Gasteiger partial charge in [-0.3, -0.25) is 9.78 Å². The van der Waals surface area contributed by atoms with Gasteiger partial charge in [0.25, 0.3) is 5.91 Å². The van der Waals surface area contributed by atoms with Crippen LogP contribution in [0.25, 0.3) is 16.9 Å². The number of benzene rings is 1. The molecule has 0 bridgehead atoms. The summed E-state index contributed by atoms with van der Waals surface area (Å²) in [6.45, 7) is 4.77. The van der Waals surface area contributed by atoms with Crippen LogP contribution in [-0.2, 0) is 6.42 Å². The number of aromatic nitrogens is 5. The van der Waals surface area contributed by atoms with Crippen LogP contribution in [0.2, 0.25) is 0 Å². The number of rotatable bonds is 5. The average molecular weight is 440 g/mol. The summed E-state index contributed by atoms with van der Waals surface area (Å²) in [5.74, 6) is 0.822. The predicted molar refractivity (Wildman–Crippen MR) is 126 cm³/mol. The van der Waals surface area contributed by atoms with Gasteiger partial charge in [0.05, 0.1) is 5.69 Å². The molecular weight excluding hydrogens is 414 g/mol. The molecule has 166 valence electrons. The molecule has 1 aliphatic rings. The molecule has 4 heterocycles. The molecule has 1 amide bonds. The highest BCUT2D eigenvalue weighted by Gasteiger charge is 2.29. The van der Waals surface area contributed by atoms with Crippen LogP contribution in [0.1, 0.15) is 23.0 Å². The molecule has 0 atom stereocenters. The van der Waals surface area contributed by atoms with E-state index in [1.807, 2.05) is 47.4 Å². The van der Waals surface area contributed by atoms with Crippen LogP contribution in [-0.4, -0.2) is 61.9 Å². The summed E-state index contributed by atoms with van der Waals surface area (Å²) in [6, 6.07) is 17.8. The number of aryl methyl sites for hydroxylation is 1. The monoisotopic (exact) mass is 439 g/mol. The highest BCUT2D eigenvalue weighted by molar-refractivity contribution is 5.98. The van der Waals surface area contributed by atoms with E-state index in [4.69, 9.17) is 0 Å². The van der Waals surface area contributed by atoms with Crippen molar-refractivity contribution in [3.8, 4) is 16.9 Å². The zero-order valence-electron chi connectivity index (χ0n) is 18.5. The zero-order valence-corrected chi connectivity index (χ0v) is 18.5. The third kappa shape index (κ3) is 4.19. The van der Waals surface area contributed by atoms with Crippen molar-refractivity contribution in [1.82, 2.24) is 29.9 Å². The SMILES string of the molecule is CCc1ccc(-n2nnc(C(=O)N3CCN(c4ccccn4)CC3)c2-c2ccncc2)cc1. The average Bonchev–Trinajstić information content (AvgIpc) is 3.34. The molecule has 0 N–H and O–H groups in total. The van der Waals surface area contributed by atoms with E-state index >= 15 is 0 Å². The van der Waals surface area contributed by atoms with Gasteiger partial charge in [-0.15, -0.1) is 5.10 Å². The molecule has 1 saturated heterocycles. The summed E-state index contributed by atoms with van der Waals surface area (Å²) in [6.07, 6.45) is 6.18. The zero-order chi connectivity index (χ0) is 22.6. The summed E-state index contributed by atoms with van der Waals surface area (Å²) >= 11 is 0. The van der Waals surface area contributed by atoms with Crippen LogP contribution < -0.4 is 4.90 Å². The van der Waals surface area contributed by atoms with Gasteiger partial charge in [-0.25, -0.2) is 9.67 Å². The molecule has 0 saturated carbocycles. The molecule has 1 fully saturated rings. The minimum absolute atomic E-state index is 0.112. The van der Waals surface area contributed by atoms with Crippen molar-refractivity contribution in [1.29, 1.82) is 0 Å². The number of hydrogen-bond donors (Lipinski definition) is 0. The maximum Gasteiger partial charge on any atom is 0.276 e. The smallest absolute Gasteiger partial charge is 0.276 e. The second kappa shape index (κ2) is 9.20. The molecule has 1 aliphatic heterocycles. The van der Waals surface area contributed by atoms with Crippen molar-refractivity contribution >= 4 is 11.7 Å². The number of anilines is 1. The lowest BCUT2D eigenvalue weighted by atomic mass is 10.1. The summed E-state index contributed by atoms with van der Waals surface area (Å²) < 4.78 is 1.74. The first kappa shape index (κ1) is 20.8. The summed E-state index contributed by atoms with van der Waals surface area (Å²) in [5.41, 5.74) is 3.99. The van der Waals surface area contributed by atoms with Crippen molar-refractivity contribution in [2.75, 3.05) is 31.1 Å². The Labute approximate surface area is 192 Å². The Bertz CT molecular complexity index is 1210. The fraction of sp³-hybridized carbons (Fsp3) is 0.240. The van der Waals surface area contributed by atoms with Crippen molar-refractivity contribution in [2.24, 2.45) is 0 Å². The Morgan fingerprint density at radius 1 is 0.909 bits per heavy atom. The molecule has 8 nitrogen and oxygen atoms in total. The van der Waals surface area contributed by atoms with E-state index in [0.29, 0.717) is 24.5 Å². The van der Waals surface area contributed by atoms with E-state index in [2.05, 4.69) is 44.2 Å². The molecule has 0 radical (unpaired) electrons. The summed E-state index contributed by atoms with van der Waals surface area (Å²) in [5, 5.41) is 8.71. The van der Waals surface area contributed by atoms with E-state index in [1.165, 1.54) is 5.56 Å². The molecule has 8 heteroatoms. The Morgan fingerprint density at radius 2 is 1.67 bits per heavy atom. The minimum Gasteiger partial charge on any atom is -0.353 e. The van der Waals surface area contributed by atoms with Gasteiger partial charge in [-0.1, -0.05) is 30.3 Å². The summed E-state index contributed by atoms with van der Waals surface area (Å²) in [7, 11) is 0. The number of carbonyl (C=O) groups excluding carboxylic acids is 1. The molecule has 0 unspecified atom stereocenters. The van der Waals surface area contributed by atoms with Crippen LogP contribution in [0.15, 0.2) is 73.2 Å². The van der Waals surface area contributed by atoms with E-state index in [1.54, 1.807) is 23.3 Å². The Morgan fingerprint density at radius 3 is 2.33 bits per heavy atom. The van der Waals surface area contributed by atoms with Crippen molar-refractivity contribution in [3.05, 3.63) is 84.4 Å². The van der Waals surface area contributed by atoms with Gasteiger partial charge < -0.3 is 9.80 Å². The van der Waals surface area contributed by atoms with Gasteiger partial charge in [0.2, 0.25) is 0 Å². The first-order valence-corrected chi connectivity index (χ1v) is 11.1. The third-order valence-corrected chi connectivity index (χ3v) is 5.96. The number of carbonyl (C=O) groups is 1. The first-order valence-electron chi connectivity index (χ1n) is 11.1. The quantitative estimate of drug-likeness (QED) is 0.475. The number of pyridine rings is 2. The van der Waals surface area contributed by atoms with Gasteiger partial charge in [-0.05, 0) is 48.4 Å². The Balaban J connectivity index is 1.44. The summed E-state index contributed by atoms with van der Waals surface area (Å²) in [4.78, 5) is 26.1. The largest absolute Gasteiger partial charge is 0.353 e. The van der Waals surface area contributed by atoms with E-state index in [9.17, 15) is 4.79 Å². The highest BCUT2D eigenvalue weighted by Crippen LogP contribution is 2.26. The maximum absolute atomic E-state index is 13.5. The number of nitrogens with zero attached hydrogens (tertiary/aromatic N) is 7. The van der Waals surface area contributed by atoms with Crippen LogP contribution >= 0.6 is 0 Å². The van der Waals surface area contributed by atoms with E-state index < -0.39 is 0 Å². The highest BCUT2D eigenvalue weighted by atomic mass is 16.2. The van der Waals surface area contributed by atoms with Gasteiger partial charge >= 0.3 is 0 Å². The lowest BCUT2D eigenvalue weighted by Gasteiger charge is -2.35. The molecule has 0 aliphatic carbocycles. The molecule has 33 heavy (non-hydrogen) atoms. The molecule has 0 spiro atoms. The fourth-order valence-corrected chi connectivity index (χ4v) is 4.08. The normalized spacial score (nSPS) is 13.8. The lowest BCUT2D eigenvalue weighted by molar-refractivity contribution is 0.0741. The van der Waals surface area contributed by atoms with Gasteiger partial charge in [0.15, 0.2) is 5.69 Å². The van der Waals surface area contributed by atoms with Crippen LogP contribution in [0, 0.1) is 0 Å².